The summed E-state index contributed by atoms with van der Waals surface area (Å²) in [5.41, 5.74) is 5.48. The quantitative estimate of drug-likeness (QED) is 0.318. The highest BCUT2D eigenvalue weighted by Crippen LogP contribution is 2.23. The number of piperidine rings is 1. The van der Waals surface area contributed by atoms with Crippen molar-refractivity contribution in [3.05, 3.63) is 17.3 Å². The number of carbonyl (C=O) groups is 1. The number of nitrogens with one attached hydrogen (secondary N) is 1. The number of carbonyl (C=O) groups excluding carboxylic acids is 1. The molecule has 2 rings (SSSR count). The van der Waals surface area contributed by atoms with Gasteiger partial charge in [-0.05, 0) is 26.8 Å². The van der Waals surface area contributed by atoms with Gasteiger partial charge in [-0.25, -0.2) is 4.98 Å². The van der Waals surface area contributed by atoms with Crippen LogP contribution in [0.4, 0.5) is 0 Å². The third-order valence-corrected chi connectivity index (χ3v) is 3.90. The molecule has 0 bridgehead atoms. The number of oxime groups is 1. The van der Waals surface area contributed by atoms with E-state index in [2.05, 4.69) is 20.4 Å². The van der Waals surface area contributed by atoms with Crippen molar-refractivity contribution in [2.75, 3.05) is 20.1 Å². The number of rotatable bonds is 3. The first kappa shape index (κ1) is 15.3. The molecule has 21 heavy (non-hydrogen) atoms. The molecule has 1 aliphatic heterocycles. The number of oxazole rings is 1. The maximum Gasteiger partial charge on any atom is 0.289 e. The van der Waals surface area contributed by atoms with Gasteiger partial charge in [-0.15, -0.1) is 0 Å². The van der Waals surface area contributed by atoms with Gasteiger partial charge in [0.2, 0.25) is 5.76 Å². The Bertz CT molecular complexity index is 558. The Morgan fingerprint density at radius 2 is 2.10 bits per heavy atom. The number of nitrogens with zero attached hydrogens (tertiary/aromatic N) is 3. The molecule has 2 heterocycles. The van der Waals surface area contributed by atoms with Crippen molar-refractivity contribution in [1.29, 1.82) is 0 Å². The van der Waals surface area contributed by atoms with Crippen molar-refractivity contribution in [3.63, 3.8) is 0 Å². The van der Waals surface area contributed by atoms with E-state index in [0.717, 1.165) is 13.1 Å². The summed E-state index contributed by atoms with van der Waals surface area (Å²) in [5.74, 6) is 0.206. The van der Waals surface area contributed by atoms with Crippen LogP contribution < -0.4 is 11.1 Å². The predicted molar refractivity (Wildman–Crippen MR) is 76.3 cm³/mol. The van der Waals surface area contributed by atoms with Crippen LogP contribution in [0.3, 0.4) is 0 Å². The van der Waals surface area contributed by atoms with Gasteiger partial charge in [0.15, 0.2) is 11.7 Å². The van der Waals surface area contributed by atoms with Crippen molar-refractivity contribution in [3.8, 4) is 0 Å². The second-order valence-electron chi connectivity index (χ2n) is 5.47. The van der Waals surface area contributed by atoms with Gasteiger partial charge in [0.1, 0.15) is 5.54 Å². The largest absolute Gasteiger partial charge is 0.436 e. The first-order valence-corrected chi connectivity index (χ1v) is 6.81. The summed E-state index contributed by atoms with van der Waals surface area (Å²) < 4.78 is 5.32. The van der Waals surface area contributed by atoms with Crippen molar-refractivity contribution >= 4 is 11.7 Å². The van der Waals surface area contributed by atoms with Gasteiger partial charge in [-0.2, -0.15) is 0 Å². The Hall–Kier alpha value is -2.09. The summed E-state index contributed by atoms with van der Waals surface area (Å²) >= 11 is 0. The molecule has 1 saturated heterocycles. The zero-order valence-corrected chi connectivity index (χ0v) is 12.5. The Labute approximate surface area is 123 Å². The number of aryl methyl sites for hydroxylation is 2. The molecule has 0 atom stereocenters. The lowest BCUT2D eigenvalue weighted by Crippen LogP contribution is -2.62. The zero-order valence-electron chi connectivity index (χ0n) is 12.5. The number of aromatic nitrogens is 1. The van der Waals surface area contributed by atoms with Crippen molar-refractivity contribution in [2.24, 2.45) is 10.9 Å². The van der Waals surface area contributed by atoms with E-state index in [1.807, 2.05) is 7.05 Å². The molecule has 1 aliphatic rings. The number of nitrogens with two attached hydrogens (primary N) is 1. The smallest absolute Gasteiger partial charge is 0.289 e. The van der Waals surface area contributed by atoms with E-state index >= 15 is 0 Å². The lowest BCUT2D eigenvalue weighted by Gasteiger charge is -2.39. The number of amidine groups is 1. The molecule has 1 aromatic heterocycles. The average molecular weight is 295 g/mol. The standard InChI is InChI=1S/C13H21N5O3/c1-8-10(21-9(2)15-8)11(19)16-13(12(14)17-20)4-6-18(3)7-5-13/h20H,4-7H2,1-3H3,(H2,14,17)(H,16,19). The van der Waals surface area contributed by atoms with Crippen LogP contribution in [-0.4, -0.2) is 52.5 Å². The number of likely N-dealkylation sites (tertiary alicyclic amines) is 1. The lowest BCUT2D eigenvalue weighted by molar-refractivity contribution is 0.0856. The molecule has 8 nitrogen and oxygen atoms in total. The van der Waals surface area contributed by atoms with Crippen LogP contribution in [0.25, 0.3) is 0 Å². The van der Waals surface area contributed by atoms with Crippen LogP contribution in [0.1, 0.15) is 35.0 Å². The number of hydrogen-bond acceptors (Lipinski definition) is 6. The minimum absolute atomic E-state index is 0.0119. The van der Waals surface area contributed by atoms with Gasteiger partial charge >= 0.3 is 0 Å². The molecule has 4 N–H and O–H groups in total. The maximum absolute atomic E-state index is 12.4. The third-order valence-electron chi connectivity index (χ3n) is 3.90. The number of hydrogen-bond donors (Lipinski definition) is 3. The number of amides is 1. The van der Waals surface area contributed by atoms with E-state index < -0.39 is 11.4 Å². The highest BCUT2D eigenvalue weighted by molar-refractivity contribution is 5.99. The predicted octanol–water partition coefficient (Wildman–Crippen LogP) is 0.232. The van der Waals surface area contributed by atoms with Crippen LogP contribution in [0.2, 0.25) is 0 Å². The van der Waals surface area contributed by atoms with Gasteiger partial charge in [0.25, 0.3) is 5.91 Å². The lowest BCUT2D eigenvalue weighted by atomic mass is 9.86. The highest BCUT2D eigenvalue weighted by atomic mass is 16.4. The minimum Gasteiger partial charge on any atom is -0.436 e. The van der Waals surface area contributed by atoms with Gasteiger partial charge < -0.3 is 25.6 Å². The summed E-state index contributed by atoms with van der Waals surface area (Å²) in [6.45, 7) is 4.87. The summed E-state index contributed by atoms with van der Waals surface area (Å²) in [6, 6.07) is 0. The molecule has 0 radical (unpaired) electrons. The Morgan fingerprint density at radius 3 is 2.57 bits per heavy atom. The fourth-order valence-corrected chi connectivity index (χ4v) is 2.56. The fourth-order valence-electron chi connectivity index (χ4n) is 2.56. The van der Waals surface area contributed by atoms with Gasteiger partial charge in [-0.3, -0.25) is 4.79 Å². The molecular weight excluding hydrogens is 274 g/mol. The van der Waals surface area contributed by atoms with Gasteiger partial charge in [0.05, 0.1) is 5.69 Å². The third kappa shape index (κ3) is 2.99. The van der Waals surface area contributed by atoms with Crippen molar-refractivity contribution in [2.45, 2.75) is 32.2 Å². The molecular formula is C13H21N5O3. The molecule has 0 unspecified atom stereocenters. The zero-order chi connectivity index (χ0) is 15.6. The molecule has 1 fully saturated rings. The van der Waals surface area contributed by atoms with Gasteiger partial charge in [0, 0.05) is 20.0 Å². The Balaban J connectivity index is 2.23. The molecule has 116 valence electrons. The van der Waals surface area contributed by atoms with Crippen molar-refractivity contribution < 1.29 is 14.4 Å². The van der Waals surface area contributed by atoms with E-state index in [9.17, 15) is 4.79 Å². The van der Waals surface area contributed by atoms with Crippen LogP contribution in [0, 0.1) is 13.8 Å². The molecule has 0 spiro atoms. The topological polar surface area (TPSA) is 117 Å². The SMILES string of the molecule is Cc1nc(C)c(C(=O)NC2(C(N)=NO)CCN(C)CC2)o1. The van der Waals surface area contributed by atoms with Gasteiger partial charge in [-0.1, -0.05) is 5.16 Å². The summed E-state index contributed by atoms with van der Waals surface area (Å²) in [5, 5.41) is 15.0. The monoisotopic (exact) mass is 295 g/mol. The maximum atomic E-state index is 12.4. The highest BCUT2D eigenvalue weighted by Gasteiger charge is 2.40. The Kier molecular flexibility index (Phi) is 4.17. The normalized spacial score (nSPS) is 19.5. The van der Waals surface area contributed by atoms with E-state index in [4.69, 9.17) is 15.4 Å². The molecule has 0 aromatic carbocycles. The van der Waals surface area contributed by atoms with Crippen LogP contribution in [0.15, 0.2) is 9.57 Å². The van der Waals surface area contributed by atoms with E-state index in [1.54, 1.807) is 13.8 Å². The van der Waals surface area contributed by atoms with Crippen LogP contribution in [-0.2, 0) is 0 Å². The fraction of sp³-hybridized carbons (Fsp3) is 0.615. The minimum atomic E-state index is -0.856. The van der Waals surface area contributed by atoms with Crippen molar-refractivity contribution in [1.82, 2.24) is 15.2 Å². The molecule has 0 saturated carbocycles. The van der Waals surface area contributed by atoms with Crippen LogP contribution in [0.5, 0.6) is 0 Å². The molecule has 1 aromatic rings. The second-order valence-corrected chi connectivity index (χ2v) is 5.47. The van der Waals surface area contributed by atoms with Crippen LogP contribution >= 0.6 is 0 Å². The second kappa shape index (κ2) is 5.72. The molecule has 8 heteroatoms. The average Bonchev–Trinajstić information content (AvgIpc) is 2.79. The molecule has 1 amide bonds. The van der Waals surface area contributed by atoms with E-state index in [0.29, 0.717) is 24.4 Å². The first-order valence-electron chi connectivity index (χ1n) is 6.81. The Morgan fingerprint density at radius 1 is 1.48 bits per heavy atom. The summed E-state index contributed by atoms with van der Waals surface area (Å²) in [6.07, 6.45) is 1.13. The first-order chi connectivity index (χ1) is 9.88. The van der Waals surface area contributed by atoms with E-state index in [-0.39, 0.29) is 11.6 Å². The summed E-state index contributed by atoms with van der Waals surface area (Å²) in [7, 11) is 1.99. The van der Waals surface area contributed by atoms with E-state index in [1.165, 1.54) is 0 Å². The molecule has 0 aliphatic carbocycles. The summed E-state index contributed by atoms with van der Waals surface area (Å²) in [4.78, 5) is 18.6.